The Morgan fingerprint density at radius 1 is 1.35 bits per heavy atom. The van der Waals surface area contributed by atoms with Crippen LogP contribution in [-0.2, 0) is 11.2 Å². The van der Waals surface area contributed by atoms with E-state index in [1.54, 1.807) is 7.11 Å². The van der Waals surface area contributed by atoms with Gasteiger partial charge in [-0.3, -0.25) is 4.79 Å². The minimum absolute atomic E-state index is 0. The number of ether oxygens (including phenoxy) is 1. The minimum atomic E-state index is 0. The van der Waals surface area contributed by atoms with Crippen LogP contribution in [-0.4, -0.2) is 26.1 Å². The van der Waals surface area contributed by atoms with Gasteiger partial charge in [-0.1, -0.05) is 12.1 Å². The quantitative estimate of drug-likeness (QED) is 0.892. The molecule has 1 amide bonds. The number of methoxy groups -OCH3 is 1. The number of fused-ring (bicyclic) bond motifs is 1. The van der Waals surface area contributed by atoms with Crippen molar-refractivity contribution in [3.8, 4) is 5.75 Å². The summed E-state index contributed by atoms with van der Waals surface area (Å²) in [5.74, 6) is 1.46. The molecular weight excluding hydrogens is 312 g/mol. The maximum atomic E-state index is 12.6. The van der Waals surface area contributed by atoms with E-state index in [-0.39, 0.29) is 30.3 Å². The van der Waals surface area contributed by atoms with Crippen molar-refractivity contribution in [2.45, 2.75) is 38.1 Å². The topological polar surface area (TPSA) is 50.4 Å². The van der Waals surface area contributed by atoms with Crippen LogP contribution < -0.4 is 15.4 Å². The van der Waals surface area contributed by atoms with Gasteiger partial charge in [0.15, 0.2) is 0 Å². The number of amides is 1. The van der Waals surface area contributed by atoms with Crippen LogP contribution in [0.25, 0.3) is 0 Å². The number of carbonyl (C=O) groups excluding carboxylic acids is 1. The molecule has 4 rings (SSSR count). The van der Waals surface area contributed by atoms with E-state index in [1.807, 2.05) is 12.1 Å². The zero-order valence-corrected chi connectivity index (χ0v) is 14.4. The monoisotopic (exact) mass is 336 g/mol. The van der Waals surface area contributed by atoms with E-state index in [0.717, 1.165) is 50.9 Å². The molecule has 4 nitrogen and oxygen atoms in total. The number of hydrogen-bond acceptors (Lipinski definition) is 3. The molecule has 0 aromatic heterocycles. The van der Waals surface area contributed by atoms with Crippen molar-refractivity contribution in [3.05, 3.63) is 29.3 Å². The summed E-state index contributed by atoms with van der Waals surface area (Å²) in [5.41, 5.74) is 2.82. The Balaban J connectivity index is 0.00000156. The van der Waals surface area contributed by atoms with Crippen LogP contribution in [0.5, 0.6) is 5.75 Å². The van der Waals surface area contributed by atoms with E-state index < -0.39 is 0 Å². The highest BCUT2D eigenvalue weighted by Gasteiger charge is 2.57. The van der Waals surface area contributed by atoms with Crippen LogP contribution in [0.1, 0.15) is 42.9 Å². The number of piperidine rings is 1. The molecule has 2 atom stereocenters. The second kappa shape index (κ2) is 6.33. The molecular formula is C18H25ClN2O2. The number of rotatable bonds is 3. The third-order valence-electron chi connectivity index (χ3n) is 5.87. The first kappa shape index (κ1) is 16.6. The van der Waals surface area contributed by atoms with Crippen molar-refractivity contribution in [1.29, 1.82) is 0 Å². The Morgan fingerprint density at radius 2 is 2.13 bits per heavy atom. The van der Waals surface area contributed by atoms with E-state index in [2.05, 4.69) is 16.7 Å². The molecule has 126 valence electrons. The molecule has 0 radical (unpaired) electrons. The molecule has 3 aliphatic rings. The number of nitrogens with one attached hydrogen (secondary N) is 2. The predicted molar refractivity (Wildman–Crippen MR) is 92.1 cm³/mol. The molecule has 2 N–H and O–H groups in total. The second-order valence-electron chi connectivity index (χ2n) is 7.00. The Bertz CT molecular complexity index is 599. The summed E-state index contributed by atoms with van der Waals surface area (Å²) in [6, 6.07) is 6.32. The summed E-state index contributed by atoms with van der Waals surface area (Å²) < 4.78 is 5.44. The standard InChI is InChI=1S/C18H24N2O2.ClH/c1-22-16-4-2-3-12-13(16)5-6-15(12)20-17(21)14-11-18(14)7-9-19-10-8-18;/h2-4,14-15,19H,5-11H2,1H3,(H,20,21);1H. The molecule has 0 bridgehead atoms. The van der Waals surface area contributed by atoms with Gasteiger partial charge in [0.1, 0.15) is 5.75 Å². The molecule has 2 unspecified atom stereocenters. The fraction of sp³-hybridized carbons (Fsp3) is 0.611. The fourth-order valence-corrected chi connectivity index (χ4v) is 4.43. The molecule has 5 heteroatoms. The van der Waals surface area contributed by atoms with Gasteiger partial charge in [-0.25, -0.2) is 0 Å². The lowest BCUT2D eigenvalue weighted by Crippen LogP contribution is -2.34. The van der Waals surface area contributed by atoms with E-state index in [4.69, 9.17) is 4.74 Å². The molecule has 1 heterocycles. The van der Waals surface area contributed by atoms with Crippen LogP contribution >= 0.6 is 12.4 Å². The normalized spacial score (nSPS) is 27.0. The highest BCUT2D eigenvalue weighted by atomic mass is 35.5. The van der Waals surface area contributed by atoms with Crippen LogP contribution in [0.3, 0.4) is 0 Å². The molecule has 1 saturated heterocycles. The first-order chi connectivity index (χ1) is 10.7. The number of halogens is 1. The van der Waals surface area contributed by atoms with Gasteiger partial charge in [0.05, 0.1) is 13.2 Å². The van der Waals surface area contributed by atoms with Gasteiger partial charge in [0.25, 0.3) is 0 Å². The predicted octanol–water partition coefficient (Wildman–Crippen LogP) is 2.61. The highest BCUT2D eigenvalue weighted by molar-refractivity contribution is 5.85. The van der Waals surface area contributed by atoms with Crippen molar-refractivity contribution >= 4 is 18.3 Å². The summed E-state index contributed by atoms with van der Waals surface area (Å²) in [5, 5.41) is 6.70. The molecule has 1 spiro atoms. The van der Waals surface area contributed by atoms with Gasteiger partial charge < -0.3 is 15.4 Å². The molecule has 1 saturated carbocycles. The molecule has 2 fully saturated rings. The third kappa shape index (κ3) is 2.83. The zero-order chi connectivity index (χ0) is 15.2. The van der Waals surface area contributed by atoms with Gasteiger partial charge >= 0.3 is 0 Å². The molecule has 1 aromatic carbocycles. The highest BCUT2D eigenvalue weighted by Crippen LogP contribution is 2.58. The van der Waals surface area contributed by atoms with Crippen molar-refractivity contribution in [1.82, 2.24) is 10.6 Å². The third-order valence-corrected chi connectivity index (χ3v) is 5.87. The maximum absolute atomic E-state index is 12.6. The number of hydrogen-bond donors (Lipinski definition) is 2. The molecule has 23 heavy (non-hydrogen) atoms. The zero-order valence-electron chi connectivity index (χ0n) is 13.6. The van der Waals surface area contributed by atoms with Crippen LogP contribution in [0.4, 0.5) is 0 Å². The number of carbonyl (C=O) groups is 1. The van der Waals surface area contributed by atoms with Crippen molar-refractivity contribution in [3.63, 3.8) is 0 Å². The molecule has 1 aromatic rings. The SMILES string of the molecule is COc1cccc2c1CCC2NC(=O)C1CC12CCNCC2.Cl. The van der Waals surface area contributed by atoms with Gasteiger partial charge in [-0.15, -0.1) is 12.4 Å². The fourth-order valence-electron chi connectivity index (χ4n) is 4.43. The van der Waals surface area contributed by atoms with Gasteiger partial charge in [-0.05, 0) is 67.8 Å². The van der Waals surface area contributed by atoms with Gasteiger partial charge in [0.2, 0.25) is 5.91 Å². The molecule has 2 aliphatic carbocycles. The Morgan fingerprint density at radius 3 is 2.87 bits per heavy atom. The average molecular weight is 337 g/mol. The average Bonchev–Trinajstić information content (AvgIpc) is 3.08. The lowest BCUT2D eigenvalue weighted by atomic mass is 9.91. The van der Waals surface area contributed by atoms with Gasteiger partial charge in [-0.2, -0.15) is 0 Å². The Hall–Kier alpha value is -1.26. The van der Waals surface area contributed by atoms with E-state index in [0.29, 0.717) is 5.41 Å². The summed E-state index contributed by atoms with van der Waals surface area (Å²) >= 11 is 0. The van der Waals surface area contributed by atoms with E-state index in [1.165, 1.54) is 11.1 Å². The van der Waals surface area contributed by atoms with Gasteiger partial charge in [0, 0.05) is 5.92 Å². The lowest BCUT2D eigenvalue weighted by molar-refractivity contribution is -0.124. The lowest BCUT2D eigenvalue weighted by Gasteiger charge is -2.24. The van der Waals surface area contributed by atoms with Crippen molar-refractivity contribution in [2.24, 2.45) is 11.3 Å². The number of benzene rings is 1. The second-order valence-corrected chi connectivity index (χ2v) is 7.00. The molecule has 1 aliphatic heterocycles. The van der Waals surface area contributed by atoms with Crippen molar-refractivity contribution in [2.75, 3.05) is 20.2 Å². The summed E-state index contributed by atoms with van der Waals surface area (Å²) in [6.45, 7) is 2.13. The smallest absolute Gasteiger partial charge is 0.224 e. The van der Waals surface area contributed by atoms with Crippen LogP contribution in [0.15, 0.2) is 18.2 Å². The van der Waals surface area contributed by atoms with Crippen LogP contribution in [0, 0.1) is 11.3 Å². The maximum Gasteiger partial charge on any atom is 0.224 e. The first-order valence-corrected chi connectivity index (χ1v) is 8.40. The Labute approximate surface area is 143 Å². The summed E-state index contributed by atoms with van der Waals surface area (Å²) in [4.78, 5) is 12.6. The summed E-state index contributed by atoms with van der Waals surface area (Å²) in [6.07, 6.45) is 5.37. The first-order valence-electron chi connectivity index (χ1n) is 8.40. The summed E-state index contributed by atoms with van der Waals surface area (Å²) in [7, 11) is 1.71. The van der Waals surface area contributed by atoms with Crippen LogP contribution in [0.2, 0.25) is 0 Å². The van der Waals surface area contributed by atoms with E-state index >= 15 is 0 Å². The van der Waals surface area contributed by atoms with Crippen molar-refractivity contribution < 1.29 is 9.53 Å². The van der Waals surface area contributed by atoms with E-state index in [9.17, 15) is 4.79 Å². The minimum Gasteiger partial charge on any atom is -0.496 e. The largest absolute Gasteiger partial charge is 0.496 e. The Kier molecular flexibility index (Phi) is 4.56.